The van der Waals surface area contributed by atoms with Crippen LogP contribution >= 0.6 is 11.6 Å². The van der Waals surface area contributed by atoms with Gasteiger partial charge in [0.25, 0.3) is 0 Å². The molecule has 2 aromatic carbocycles. The van der Waals surface area contributed by atoms with E-state index < -0.39 is 11.4 Å². The van der Waals surface area contributed by atoms with E-state index in [1.807, 2.05) is 6.92 Å². The molecule has 0 fully saturated rings. The first-order valence-corrected chi connectivity index (χ1v) is 9.10. The second kappa shape index (κ2) is 9.29. The maximum atomic E-state index is 12.7. The molecular formula is C21H22ClNO4. The molecule has 0 amide bonds. The molecule has 0 saturated heterocycles. The molecule has 0 aromatic heterocycles. The lowest BCUT2D eigenvalue weighted by molar-refractivity contribution is -0.148. The van der Waals surface area contributed by atoms with Crippen LogP contribution in [-0.4, -0.2) is 19.7 Å². The van der Waals surface area contributed by atoms with E-state index in [0.29, 0.717) is 40.7 Å². The van der Waals surface area contributed by atoms with E-state index in [0.717, 1.165) is 0 Å². The van der Waals surface area contributed by atoms with Gasteiger partial charge in [0.05, 0.1) is 24.8 Å². The summed E-state index contributed by atoms with van der Waals surface area (Å²) in [5.41, 5.74) is -1.06. The van der Waals surface area contributed by atoms with Gasteiger partial charge >= 0.3 is 5.97 Å². The predicted octanol–water partition coefficient (Wildman–Crippen LogP) is 5.27. The standard InChI is InChI=1S/C21H22ClNO4/c1-4-13-21(14-23,20(24)26-5-2)15-9-8-12-18(19(15)25-3)27-17-11-7-6-10-16(17)22/h6-12H,4-5,13H2,1-3H3. The van der Waals surface area contributed by atoms with E-state index in [9.17, 15) is 10.1 Å². The van der Waals surface area contributed by atoms with Crippen LogP contribution in [0.1, 0.15) is 32.3 Å². The molecule has 1 unspecified atom stereocenters. The van der Waals surface area contributed by atoms with Crippen LogP contribution in [0.5, 0.6) is 17.2 Å². The van der Waals surface area contributed by atoms with Crippen molar-refractivity contribution in [3.05, 3.63) is 53.1 Å². The van der Waals surface area contributed by atoms with Crippen LogP contribution in [-0.2, 0) is 14.9 Å². The van der Waals surface area contributed by atoms with Gasteiger partial charge in [0.1, 0.15) is 5.75 Å². The molecule has 0 aliphatic rings. The van der Waals surface area contributed by atoms with Crippen molar-refractivity contribution in [1.82, 2.24) is 0 Å². The van der Waals surface area contributed by atoms with Crippen LogP contribution in [0.15, 0.2) is 42.5 Å². The van der Waals surface area contributed by atoms with Crippen molar-refractivity contribution in [2.75, 3.05) is 13.7 Å². The first-order chi connectivity index (χ1) is 13.0. The highest BCUT2D eigenvalue weighted by atomic mass is 35.5. The summed E-state index contributed by atoms with van der Waals surface area (Å²) in [5.74, 6) is 0.523. The van der Waals surface area contributed by atoms with Gasteiger partial charge in [-0.25, -0.2) is 4.79 Å². The van der Waals surface area contributed by atoms with Crippen molar-refractivity contribution in [2.24, 2.45) is 0 Å². The molecule has 6 heteroatoms. The van der Waals surface area contributed by atoms with Crippen molar-refractivity contribution >= 4 is 17.6 Å². The lowest BCUT2D eigenvalue weighted by Gasteiger charge is -2.27. The summed E-state index contributed by atoms with van der Waals surface area (Å²) >= 11 is 6.18. The van der Waals surface area contributed by atoms with Gasteiger partial charge in [-0.3, -0.25) is 0 Å². The van der Waals surface area contributed by atoms with Gasteiger partial charge in [0.15, 0.2) is 16.9 Å². The molecule has 0 heterocycles. The Morgan fingerprint density at radius 3 is 2.44 bits per heavy atom. The SMILES string of the molecule is CCCC(C#N)(C(=O)OCC)c1cccc(Oc2ccccc2Cl)c1OC. The van der Waals surface area contributed by atoms with Gasteiger partial charge in [-0.1, -0.05) is 49.2 Å². The van der Waals surface area contributed by atoms with Gasteiger partial charge < -0.3 is 14.2 Å². The minimum absolute atomic E-state index is 0.185. The number of benzene rings is 2. The largest absolute Gasteiger partial charge is 0.492 e. The van der Waals surface area contributed by atoms with Crippen LogP contribution < -0.4 is 9.47 Å². The van der Waals surface area contributed by atoms with Crippen molar-refractivity contribution < 1.29 is 19.0 Å². The summed E-state index contributed by atoms with van der Waals surface area (Å²) in [6.45, 7) is 3.80. The Kier molecular flexibility index (Phi) is 7.09. The summed E-state index contributed by atoms with van der Waals surface area (Å²) in [5, 5.41) is 10.4. The number of para-hydroxylation sites is 2. The minimum Gasteiger partial charge on any atom is -0.492 e. The average Bonchev–Trinajstić information content (AvgIpc) is 2.68. The van der Waals surface area contributed by atoms with Crippen LogP contribution in [0.2, 0.25) is 5.02 Å². The number of ether oxygens (including phenoxy) is 3. The smallest absolute Gasteiger partial charge is 0.331 e. The molecule has 1 atom stereocenters. The summed E-state index contributed by atoms with van der Waals surface area (Å²) in [7, 11) is 1.47. The first-order valence-electron chi connectivity index (χ1n) is 8.72. The Morgan fingerprint density at radius 2 is 1.85 bits per heavy atom. The fourth-order valence-electron chi connectivity index (χ4n) is 2.93. The summed E-state index contributed by atoms with van der Waals surface area (Å²) in [6, 6.07) is 14.3. The maximum absolute atomic E-state index is 12.7. The second-order valence-corrected chi connectivity index (χ2v) is 6.26. The molecule has 0 radical (unpaired) electrons. The molecule has 27 heavy (non-hydrogen) atoms. The summed E-state index contributed by atoms with van der Waals surface area (Å²) in [6.07, 6.45) is 0.916. The number of hydrogen-bond donors (Lipinski definition) is 0. The van der Waals surface area contributed by atoms with Gasteiger partial charge in [-0.05, 0) is 31.5 Å². The molecular weight excluding hydrogens is 366 g/mol. The number of methoxy groups -OCH3 is 1. The Bertz CT molecular complexity index is 846. The lowest BCUT2D eigenvalue weighted by atomic mass is 9.77. The third-order valence-electron chi connectivity index (χ3n) is 4.14. The highest BCUT2D eigenvalue weighted by Gasteiger charge is 2.44. The van der Waals surface area contributed by atoms with Gasteiger partial charge in [-0.2, -0.15) is 5.26 Å². The number of hydrogen-bond acceptors (Lipinski definition) is 5. The van der Waals surface area contributed by atoms with Crippen LogP contribution in [0.3, 0.4) is 0 Å². The van der Waals surface area contributed by atoms with E-state index in [2.05, 4.69) is 6.07 Å². The molecule has 2 aromatic rings. The number of esters is 1. The molecule has 0 aliphatic carbocycles. The van der Waals surface area contributed by atoms with Crippen LogP contribution in [0, 0.1) is 11.3 Å². The third-order valence-corrected chi connectivity index (χ3v) is 4.45. The highest BCUT2D eigenvalue weighted by molar-refractivity contribution is 6.32. The number of carbonyl (C=O) groups is 1. The van der Waals surface area contributed by atoms with E-state index in [-0.39, 0.29) is 6.61 Å². The van der Waals surface area contributed by atoms with Crippen molar-refractivity contribution in [3.8, 4) is 23.3 Å². The number of rotatable bonds is 8. The minimum atomic E-state index is -1.48. The fraction of sp³-hybridized carbons (Fsp3) is 0.333. The Hall–Kier alpha value is -2.71. The van der Waals surface area contributed by atoms with E-state index in [4.69, 9.17) is 25.8 Å². The maximum Gasteiger partial charge on any atom is 0.331 e. The number of carbonyl (C=O) groups excluding carboxylic acids is 1. The van der Waals surface area contributed by atoms with Crippen LogP contribution in [0.4, 0.5) is 0 Å². The number of nitrogens with zero attached hydrogens (tertiary/aromatic N) is 1. The van der Waals surface area contributed by atoms with Gasteiger partial charge in [0.2, 0.25) is 0 Å². The Labute approximate surface area is 164 Å². The second-order valence-electron chi connectivity index (χ2n) is 5.86. The van der Waals surface area contributed by atoms with Crippen LogP contribution in [0.25, 0.3) is 0 Å². The van der Waals surface area contributed by atoms with E-state index in [1.165, 1.54) is 7.11 Å². The molecule has 0 N–H and O–H groups in total. The molecule has 0 bridgehead atoms. The summed E-state index contributed by atoms with van der Waals surface area (Å²) < 4.78 is 16.7. The molecule has 5 nitrogen and oxygen atoms in total. The zero-order chi connectivity index (χ0) is 19.9. The van der Waals surface area contributed by atoms with Crippen molar-refractivity contribution in [1.29, 1.82) is 5.26 Å². The van der Waals surface area contributed by atoms with Gasteiger partial charge in [-0.15, -0.1) is 0 Å². The van der Waals surface area contributed by atoms with Gasteiger partial charge in [0, 0.05) is 5.56 Å². The molecule has 0 saturated carbocycles. The topological polar surface area (TPSA) is 68.6 Å². The Balaban J connectivity index is 2.60. The lowest BCUT2D eigenvalue weighted by Crippen LogP contribution is -2.36. The first kappa shape index (κ1) is 20.6. The zero-order valence-corrected chi connectivity index (χ0v) is 16.4. The third kappa shape index (κ3) is 4.17. The number of nitriles is 1. The molecule has 142 valence electrons. The fourth-order valence-corrected chi connectivity index (χ4v) is 3.10. The Morgan fingerprint density at radius 1 is 1.15 bits per heavy atom. The molecule has 0 aliphatic heterocycles. The molecule has 2 rings (SSSR count). The van der Waals surface area contributed by atoms with E-state index >= 15 is 0 Å². The van der Waals surface area contributed by atoms with Crippen molar-refractivity contribution in [3.63, 3.8) is 0 Å². The quantitative estimate of drug-likeness (QED) is 0.577. The van der Waals surface area contributed by atoms with E-state index in [1.54, 1.807) is 49.4 Å². The summed E-state index contributed by atoms with van der Waals surface area (Å²) in [4.78, 5) is 12.7. The molecule has 0 spiro atoms. The average molecular weight is 388 g/mol. The highest BCUT2D eigenvalue weighted by Crippen LogP contribution is 2.43. The number of halogens is 1. The van der Waals surface area contributed by atoms with Crippen molar-refractivity contribution in [2.45, 2.75) is 32.1 Å². The predicted molar refractivity (Wildman–Crippen MR) is 103 cm³/mol. The zero-order valence-electron chi connectivity index (χ0n) is 15.6. The monoisotopic (exact) mass is 387 g/mol. The normalized spacial score (nSPS) is 12.6.